The van der Waals surface area contributed by atoms with Crippen molar-refractivity contribution in [2.75, 3.05) is 19.7 Å². The Morgan fingerprint density at radius 2 is 1.72 bits per heavy atom. The summed E-state index contributed by atoms with van der Waals surface area (Å²) >= 11 is 0. The lowest BCUT2D eigenvalue weighted by atomic mass is 10.1. The molecule has 0 radical (unpaired) electrons. The van der Waals surface area contributed by atoms with Crippen LogP contribution >= 0.6 is 7.60 Å². The first-order valence-electron chi connectivity index (χ1n) is 15.6. The SMILES string of the molecule is CC(C)C(OCCC=O)OP(=O)(O[C@@H](CCCCN)C(=O)N1CCC[C@H]1C(=O)O)C(Cc1ccccc1)OC(=O)c1ccccc1. The van der Waals surface area contributed by atoms with Crippen LogP contribution in [0, 0.1) is 5.92 Å². The van der Waals surface area contributed by atoms with Crippen molar-refractivity contribution in [1.82, 2.24) is 4.90 Å². The topological polar surface area (TPSA) is 172 Å². The summed E-state index contributed by atoms with van der Waals surface area (Å²) < 4.78 is 39.3. The highest BCUT2D eigenvalue weighted by atomic mass is 31.2. The van der Waals surface area contributed by atoms with Crippen LogP contribution in [0.3, 0.4) is 0 Å². The molecule has 0 spiro atoms. The van der Waals surface area contributed by atoms with E-state index in [2.05, 4.69) is 0 Å². The van der Waals surface area contributed by atoms with Gasteiger partial charge in [-0.05, 0) is 56.3 Å². The molecule has 12 nitrogen and oxygen atoms in total. The van der Waals surface area contributed by atoms with E-state index in [1.807, 2.05) is 0 Å². The molecule has 3 N–H and O–H groups in total. The lowest BCUT2D eigenvalue weighted by molar-refractivity contribution is -0.153. The zero-order chi connectivity index (χ0) is 33.5. The average Bonchev–Trinajstić information content (AvgIpc) is 3.55. The van der Waals surface area contributed by atoms with Gasteiger partial charge in [0.15, 0.2) is 6.29 Å². The largest absolute Gasteiger partial charge is 0.480 e. The molecule has 3 unspecified atom stereocenters. The van der Waals surface area contributed by atoms with Crippen molar-refractivity contribution >= 4 is 31.7 Å². The van der Waals surface area contributed by atoms with Crippen LogP contribution in [0.15, 0.2) is 60.7 Å². The van der Waals surface area contributed by atoms with Crippen LogP contribution in [0.25, 0.3) is 0 Å². The third kappa shape index (κ3) is 10.8. The number of benzene rings is 2. The molecular formula is C33H45N2O10P. The Morgan fingerprint density at radius 3 is 2.33 bits per heavy atom. The van der Waals surface area contributed by atoms with E-state index in [0.29, 0.717) is 37.7 Å². The predicted molar refractivity (Wildman–Crippen MR) is 170 cm³/mol. The summed E-state index contributed by atoms with van der Waals surface area (Å²) in [4.78, 5) is 51.5. The lowest BCUT2D eigenvalue weighted by Crippen LogP contribution is -2.46. The third-order valence-electron chi connectivity index (χ3n) is 7.46. The number of carboxylic acids is 1. The Bertz CT molecular complexity index is 1310. The summed E-state index contributed by atoms with van der Waals surface area (Å²) in [6, 6.07) is 16.0. The fraction of sp³-hybridized carbons (Fsp3) is 0.515. The number of likely N-dealkylation sites (tertiary alicyclic amines) is 1. The van der Waals surface area contributed by atoms with Crippen LogP contribution in [0.1, 0.15) is 68.3 Å². The number of unbranched alkanes of at least 4 members (excludes halogenated alkanes) is 1. The number of hydrogen-bond donors (Lipinski definition) is 2. The average molecular weight is 661 g/mol. The van der Waals surface area contributed by atoms with Gasteiger partial charge in [0.05, 0.1) is 12.2 Å². The molecule has 0 bridgehead atoms. The van der Waals surface area contributed by atoms with Gasteiger partial charge in [0, 0.05) is 25.3 Å². The molecule has 252 valence electrons. The number of nitrogens with two attached hydrogens (primary N) is 1. The van der Waals surface area contributed by atoms with Crippen LogP contribution in [-0.4, -0.2) is 78.1 Å². The van der Waals surface area contributed by atoms with Gasteiger partial charge < -0.3 is 30.0 Å². The van der Waals surface area contributed by atoms with Crippen molar-refractivity contribution in [3.63, 3.8) is 0 Å². The lowest BCUT2D eigenvalue weighted by Gasteiger charge is -2.35. The van der Waals surface area contributed by atoms with Crippen molar-refractivity contribution in [1.29, 1.82) is 0 Å². The Hall–Kier alpha value is -3.41. The van der Waals surface area contributed by atoms with Gasteiger partial charge in [-0.2, -0.15) is 0 Å². The van der Waals surface area contributed by atoms with E-state index in [4.69, 9.17) is 24.3 Å². The molecule has 5 atom stereocenters. The van der Waals surface area contributed by atoms with Crippen LogP contribution in [-0.2, 0) is 43.9 Å². The maximum Gasteiger partial charge on any atom is 0.374 e. The number of carbonyl (C=O) groups is 4. The number of hydrogen-bond acceptors (Lipinski definition) is 10. The summed E-state index contributed by atoms with van der Waals surface area (Å²) in [7, 11) is -4.65. The van der Waals surface area contributed by atoms with Crippen molar-refractivity contribution in [2.24, 2.45) is 11.7 Å². The van der Waals surface area contributed by atoms with Gasteiger partial charge in [-0.1, -0.05) is 62.4 Å². The smallest absolute Gasteiger partial charge is 0.374 e. The number of rotatable bonds is 20. The summed E-state index contributed by atoms with van der Waals surface area (Å²) in [6.07, 6.45) is -0.167. The van der Waals surface area contributed by atoms with Crippen LogP contribution in [0.5, 0.6) is 0 Å². The second kappa shape index (κ2) is 18.7. The molecule has 2 aromatic carbocycles. The molecule has 0 aliphatic carbocycles. The summed E-state index contributed by atoms with van der Waals surface area (Å²) in [5.74, 6) is -4.51. The summed E-state index contributed by atoms with van der Waals surface area (Å²) in [5, 5.41) is 9.77. The standard InChI is InChI=1S/C33H45N2O10P/c1-24(2)33(42-22-12-21-36)45-46(41,44-28(18-9-10-19-34)30(37)35-20-11-17-27(35)31(38)39)29(23-25-13-5-3-6-14-25)43-32(40)26-15-7-4-8-16-26/h3-8,13-16,21,24,27-29,33H,9-12,17-20,22-23,34H2,1-2H3,(H,38,39)/t27-,28-,29?,33?,46?/m0/s1. The van der Waals surface area contributed by atoms with Crippen LogP contribution in [0.4, 0.5) is 0 Å². The van der Waals surface area contributed by atoms with Crippen LogP contribution in [0.2, 0.25) is 0 Å². The third-order valence-corrected chi connectivity index (χ3v) is 9.51. The highest BCUT2D eigenvalue weighted by Gasteiger charge is 2.47. The number of ether oxygens (including phenoxy) is 2. The fourth-order valence-corrected chi connectivity index (χ4v) is 7.15. The zero-order valence-electron chi connectivity index (χ0n) is 26.4. The minimum atomic E-state index is -4.65. The minimum Gasteiger partial charge on any atom is -0.480 e. The maximum absolute atomic E-state index is 15.2. The minimum absolute atomic E-state index is 0.0353. The second-order valence-electron chi connectivity index (χ2n) is 11.4. The normalized spacial score (nSPS) is 18.0. The molecule has 1 fully saturated rings. The summed E-state index contributed by atoms with van der Waals surface area (Å²) in [5.41, 5.74) is 6.56. The number of carboxylic acid groups (broad SMARTS) is 1. The number of aliphatic carboxylic acids is 1. The van der Waals surface area contributed by atoms with Crippen molar-refractivity contribution < 1.29 is 47.4 Å². The monoisotopic (exact) mass is 660 g/mol. The van der Waals surface area contributed by atoms with Gasteiger partial charge in [0.2, 0.25) is 5.85 Å². The Kier molecular flexibility index (Phi) is 15.0. The van der Waals surface area contributed by atoms with E-state index in [0.717, 1.165) is 0 Å². The second-order valence-corrected chi connectivity index (χ2v) is 13.5. The van der Waals surface area contributed by atoms with Crippen molar-refractivity contribution in [3.8, 4) is 0 Å². The molecular weight excluding hydrogens is 615 g/mol. The molecule has 3 rings (SSSR count). The molecule has 1 aliphatic rings. The molecule has 1 saturated heterocycles. The molecule has 1 heterocycles. The number of aldehydes is 1. The van der Waals surface area contributed by atoms with E-state index in [-0.39, 0.29) is 44.4 Å². The Balaban J connectivity index is 2.09. The highest BCUT2D eigenvalue weighted by molar-refractivity contribution is 7.54. The van der Waals surface area contributed by atoms with Gasteiger partial charge in [-0.3, -0.25) is 18.4 Å². The number of amides is 1. The van der Waals surface area contributed by atoms with Gasteiger partial charge in [0.25, 0.3) is 5.91 Å². The predicted octanol–water partition coefficient (Wildman–Crippen LogP) is 4.80. The molecule has 1 aliphatic heterocycles. The maximum atomic E-state index is 15.2. The quantitative estimate of drug-likeness (QED) is 0.0657. The Morgan fingerprint density at radius 1 is 1.04 bits per heavy atom. The van der Waals surface area contributed by atoms with Gasteiger partial charge in [-0.25, -0.2) is 9.59 Å². The van der Waals surface area contributed by atoms with E-state index >= 15 is 4.57 Å². The van der Waals surface area contributed by atoms with Gasteiger partial charge in [0.1, 0.15) is 18.4 Å². The molecule has 46 heavy (non-hydrogen) atoms. The van der Waals surface area contributed by atoms with E-state index in [1.165, 1.54) is 4.90 Å². The number of nitrogens with zero attached hydrogens (tertiary/aromatic N) is 1. The molecule has 0 saturated carbocycles. The van der Waals surface area contributed by atoms with Gasteiger partial charge >= 0.3 is 19.5 Å². The first kappa shape index (κ1) is 37.1. The first-order valence-corrected chi connectivity index (χ1v) is 17.3. The zero-order valence-corrected chi connectivity index (χ0v) is 27.3. The van der Waals surface area contributed by atoms with Crippen LogP contribution < -0.4 is 5.73 Å². The van der Waals surface area contributed by atoms with Crippen molar-refractivity contribution in [3.05, 3.63) is 71.8 Å². The van der Waals surface area contributed by atoms with E-state index < -0.39 is 55.6 Å². The number of esters is 1. The molecule has 0 aromatic heterocycles. The van der Waals surface area contributed by atoms with Gasteiger partial charge in [-0.15, -0.1) is 0 Å². The fourth-order valence-electron chi connectivity index (χ4n) is 5.03. The molecule has 2 aromatic rings. The first-order chi connectivity index (χ1) is 22.1. The van der Waals surface area contributed by atoms with E-state index in [1.54, 1.807) is 74.5 Å². The van der Waals surface area contributed by atoms with E-state index in [9.17, 15) is 24.3 Å². The summed E-state index contributed by atoms with van der Waals surface area (Å²) in [6.45, 7) is 4.00. The molecule has 1 amide bonds. The highest BCUT2D eigenvalue weighted by Crippen LogP contribution is 2.58. The number of carbonyl (C=O) groups excluding carboxylic acids is 3. The molecule has 13 heteroatoms. The van der Waals surface area contributed by atoms with Crippen molar-refractivity contribution in [2.45, 2.75) is 83.1 Å². The Labute approximate surface area is 270 Å².